The molecule has 2 rings (SSSR count). The molecule has 100 valence electrons. The molecule has 0 saturated heterocycles. The Hall–Kier alpha value is -1.23. The van der Waals surface area contributed by atoms with E-state index in [1.165, 1.54) is 6.07 Å². The second-order valence-corrected chi connectivity index (χ2v) is 6.16. The Bertz CT molecular complexity index is 576. The molecule has 0 amide bonds. The summed E-state index contributed by atoms with van der Waals surface area (Å²) in [7, 11) is 0. The van der Waals surface area contributed by atoms with E-state index in [1.807, 2.05) is 0 Å². The van der Waals surface area contributed by atoms with Gasteiger partial charge in [0.15, 0.2) is 5.84 Å². The van der Waals surface area contributed by atoms with E-state index in [2.05, 4.69) is 21.9 Å². The minimum atomic E-state index is -1.68. The molecule has 4 nitrogen and oxygen atoms in total. The lowest BCUT2D eigenvalue weighted by Gasteiger charge is -2.22. The van der Waals surface area contributed by atoms with E-state index < -0.39 is 3.79 Å². The predicted octanol–water partition coefficient (Wildman–Crippen LogP) is 3.70. The molecule has 1 aliphatic heterocycles. The lowest BCUT2D eigenvalue weighted by atomic mass is 10.2. The Balaban J connectivity index is 2.39. The third-order valence-electron chi connectivity index (χ3n) is 2.31. The molecular weight excluding hydrogens is 309 g/mol. The van der Waals surface area contributed by atoms with Crippen molar-refractivity contribution in [1.29, 1.82) is 0 Å². The number of phenols is 1. The smallest absolute Gasteiger partial charge is 0.248 e. The van der Waals surface area contributed by atoms with Gasteiger partial charge in [-0.05, 0) is 12.1 Å². The van der Waals surface area contributed by atoms with Crippen molar-refractivity contribution in [3.05, 3.63) is 36.5 Å². The summed E-state index contributed by atoms with van der Waals surface area (Å²) in [6, 6.07) is 6.66. The van der Waals surface area contributed by atoms with E-state index in [9.17, 15) is 5.11 Å². The van der Waals surface area contributed by atoms with Gasteiger partial charge in [-0.1, -0.05) is 53.5 Å². The zero-order valence-electron chi connectivity index (χ0n) is 9.70. The van der Waals surface area contributed by atoms with Gasteiger partial charge in [0, 0.05) is 12.1 Å². The topological polar surface area (TPSA) is 57.0 Å². The minimum absolute atomic E-state index is 0.0600. The Morgan fingerprint density at radius 3 is 2.63 bits per heavy atom. The molecule has 1 aromatic rings. The summed E-state index contributed by atoms with van der Waals surface area (Å²) < 4.78 is -1.68. The molecule has 1 aromatic carbocycles. The molecule has 7 heteroatoms. The maximum absolute atomic E-state index is 9.66. The van der Waals surface area contributed by atoms with E-state index in [1.54, 1.807) is 18.2 Å². The zero-order valence-corrected chi connectivity index (χ0v) is 12.0. The van der Waals surface area contributed by atoms with Crippen molar-refractivity contribution in [2.24, 2.45) is 9.98 Å². The molecule has 0 unspecified atom stereocenters. The summed E-state index contributed by atoms with van der Waals surface area (Å²) in [5.74, 6) is 0.610. The molecule has 0 fully saturated rings. The third-order valence-corrected chi connectivity index (χ3v) is 2.84. The Labute approximate surface area is 125 Å². The van der Waals surface area contributed by atoms with Gasteiger partial charge in [0.25, 0.3) is 0 Å². The molecule has 0 bridgehead atoms. The van der Waals surface area contributed by atoms with Gasteiger partial charge >= 0.3 is 0 Å². The van der Waals surface area contributed by atoms with E-state index >= 15 is 0 Å². The first-order valence-electron chi connectivity index (χ1n) is 5.32. The van der Waals surface area contributed by atoms with Crippen molar-refractivity contribution in [3.63, 3.8) is 0 Å². The molecule has 0 radical (unpaired) electrons. The molecule has 19 heavy (non-hydrogen) atoms. The predicted molar refractivity (Wildman–Crippen MR) is 79.8 cm³/mol. The van der Waals surface area contributed by atoms with Crippen LogP contribution in [0.3, 0.4) is 0 Å². The van der Waals surface area contributed by atoms with E-state index in [4.69, 9.17) is 34.8 Å². The number of para-hydroxylation sites is 2. The van der Waals surface area contributed by atoms with Crippen LogP contribution in [0.5, 0.6) is 5.75 Å². The number of nitrogens with one attached hydrogen (secondary N) is 1. The van der Waals surface area contributed by atoms with Gasteiger partial charge in [-0.25, -0.2) is 9.98 Å². The van der Waals surface area contributed by atoms with Crippen molar-refractivity contribution >= 4 is 52.2 Å². The van der Waals surface area contributed by atoms with E-state index in [0.717, 1.165) is 0 Å². The molecular formula is C12H10Cl3N3O. The molecule has 1 aliphatic rings. The third kappa shape index (κ3) is 3.62. The number of nitrogens with zero attached hydrogens (tertiary/aromatic N) is 2. The summed E-state index contributed by atoms with van der Waals surface area (Å²) in [5, 5.41) is 12.5. The van der Waals surface area contributed by atoms with E-state index in [0.29, 0.717) is 23.6 Å². The molecule has 0 aromatic heterocycles. The molecule has 0 aliphatic carbocycles. The fourth-order valence-electron chi connectivity index (χ4n) is 1.50. The highest BCUT2D eigenvalue weighted by atomic mass is 35.6. The van der Waals surface area contributed by atoms with Crippen LogP contribution < -0.4 is 5.32 Å². The molecule has 0 spiro atoms. The maximum atomic E-state index is 9.66. The molecule has 0 atom stereocenters. The number of amidine groups is 2. The van der Waals surface area contributed by atoms with E-state index in [-0.39, 0.29) is 11.6 Å². The number of rotatable bonds is 1. The van der Waals surface area contributed by atoms with Gasteiger partial charge in [-0.15, -0.1) is 0 Å². The monoisotopic (exact) mass is 317 g/mol. The summed E-state index contributed by atoms with van der Waals surface area (Å²) in [6.07, 6.45) is 0.387. The SMILES string of the molecule is C=C1CC(=Nc2ccccc2O)N=C(C(Cl)(Cl)Cl)N1. The lowest BCUT2D eigenvalue weighted by Crippen LogP contribution is -2.38. The number of alkyl halides is 3. The normalized spacial score (nSPS) is 18.2. The first kappa shape index (κ1) is 14.2. The largest absolute Gasteiger partial charge is 0.506 e. The average molecular weight is 319 g/mol. The maximum Gasteiger partial charge on any atom is 0.248 e. The summed E-state index contributed by atoms with van der Waals surface area (Å²) in [4.78, 5) is 8.36. The van der Waals surface area contributed by atoms with Crippen molar-refractivity contribution in [3.8, 4) is 5.75 Å². The molecule has 1 heterocycles. The quantitative estimate of drug-likeness (QED) is 0.776. The van der Waals surface area contributed by atoms with Crippen LogP contribution in [-0.4, -0.2) is 20.6 Å². The number of halogens is 3. The number of aromatic hydroxyl groups is 1. The standard InChI is InChI=1S/C12H10Cl3N3O/c1-7-6-10(18-11(16-7)12(13,14)15)17-8-4-2-3-5-9(8)19/h2-5,19H,1,6H2,(H,16,17,18). The van der Waals surface area contributed by atoms with Crippen molar-refractivity contribution in [2.75, 3.05) is 0 Å². The summed E-state index contributed by atoms with van der Waals surface area (Å²) >= 11 is 17.3. The Morgan fingerprint density at radius 2 is 2.00 bits per heavy atom. The van der Waals surface area contributed by atoms with Crippen LogP contribution in [0.15, 0.2) is 46.5 Å². The Kier molecular flexibility index (Phi) is 4.04. The highest BCUT2D eigenvalue weighted by molar-refractivity contribution is 6.76. The zero-order chi connectivity index (χ0) is 14.0. The van der Waals surface area contributed by atoms with Crippen LogP contribution in [0.4, 0.5) is 5.69 Å². The van der Waals surface area contributed by atoms with Crippen LogP contribution in [-0.2, 0) is 0 Å². The van der Waals surface area contributed by atoms with Crippen molar-refractivity contribution in [1.82, 2.24) is 5.32 Å². The second-order valence-electron chi connectivity index (χ2n) is 3.88. The minimum Gasteiger partial charge on any atom is -0.506 e. The molecule has 0 saturated carbocycles. The summed E-state index contributed by atoms with van der Waals surface area (Å²) in [6.45, 7) is 3.78. The first-order valence-corrected chi connectivity index (χ1v) is 6.46. The van der Waals surface area contributed by atoms with Crippen molar-refractivity contribution < 1.29 is 5.11 Å². The number of hydrogen-bond donors (Lipinski definition) is 2. The van der Waals surface area contributed by atoms with Gasteiger partial charge < -0.3 is 10.4 Å². The molecule has 2 N–H and O–H groups in total. The first-order chi connectivity index (χ1) is 8.86. The van der Waals surface area contributed by atoms with Crippen molar-refractivity contribution in [2.45, 2.75) is 10.2 Å². The Morgan fingerprint density at radius 1 is 1.32 bits per heavy atom. The number of aliphatic imine (C=N–C) groups is 2. The lowest BCUT2D eigenvalue weighted by molar-refractivity contribution is 0.477. The van der Waals surface area contributed by atoms with Gasteiger partial charge in [0.05, 0.1) is 0 Å². The second kappa shape index (κ2) is 5.41. The van der Waals surface area contributed by atoms with Crippen LogP contribution in [0, 0.1) is 0 Å². The van der Waals surface area contributed by atoms with Gasteiger partial charge in [0.1, 0.15) is 17.3 Å². The summed E-state index contributed by atoms with van der Waals surface area (Å²) in [5.41, 5.74) is 1.02. The number of benzene rings is 1. The van der Waals surface area contributed by atoms with Crippen LogP contribution >= 0.6 is 34.8 Å². The fourth-order valence-corrected chi connectivity index (χ4v) is 1.76. The van der Waals surface area contributed by atoms with Gasteiger partial charge in [0.2, 0.25) is 3.79 Å². The average Bonchev–Trinajstić information content (AvgIpc) is 2.30. The number of hydrogen-bond acceptors (Lipinski definition) is 3. The van der Waals surface area contributed by atoms with Crippen LogP contribution in [0.2, 0.25) is 0 Å². The fraction of sp³-hybridized carbons (Fsp3) is 0.167. The van der Waals surface area contributed by atoms with Crippen LogP contribution in [0.1, 0.15) is 6.42 Å². The highest BCUT2D eigenvalue weighted by Crippen LogP contribution is 2.30. The number of phenolic OH excluding ortho intramolecular Hbond substituents is 1. The highest BCUT2D eigenvalue weighted by Gasteiger charge is 2.31. The van der Waals surface area contributed by atoms with Crippen LogP contribution in [0.25, 0.3) is 0 Å². The van der Waals surface area contributed by atoms with Gasteiger partial charge in [-0.3, -0.25) is 0 Å². The van der Waals surface area contributed by atoms with Gasteiger partial charge in [-0.2, -0.15) is 0 Å².